The van der Waals surface area contributed by atoms with E-state index < -0.39 is 0 Å². The van der Waals surface area contributed by atoms with Gasteiger partial charge in [0.05, 0.1) is 13.2 Å². The Morgan fingerprint density at radius 1 is 1.19 bits per heavy atom. The standard InChI is InChI=1S/C21H23N3O2S/c1-24(2)19(16-10-7-11-17(12-16)26-3)13-22-20(25)18-14-27-21(23-18)15-8-5-4-6-9-15/h4-12,14,19H,13H2,1-3H3,(H,22,25). The number of hydrogen-bond donors (Lipinski definition) is 1. The number of nitrogens with zero attached hydrogens (tertiary/aromatic N) is 2. The molecule has 3 rings (SSSR count). The molecule has 0 saturated carbocycles. The summed E-state index contributed by atoms with van der Waals surface area (Å²) in [5, 5.41) is 5.65. The highest BCUT2D eigenvalue weighted by atomic mass is 32.1. The molecule has 1 N–H and O–H groups in total. The lowest BCUT2D eigenvalue weighted by atomic mass is 10.1. The number of ether oxygens (including phenoxy) is 1. The Labute approximate surface area is 163 Å². The molecule has 1 amide bonds. The quantitative estimate of drug-likeness (QED) is 0.675. The third-order valence-corrected chi connectivity index (χ3v) is 5.21. The Morgan fingerprint density at radius 3 is 2.67 bits per heavy atom. The molecule has 5 nitrogen and oxygen atoms in total. The lowest BCUT2D eigenvalue weighted by molar-refractivity contribution is 0.0937. The number of carbonyl (C=O) groups excluding carboxylic acids is 1. The van der Waals surface area contributed by atoms with E-state index >= 15 is 0 Å². The lowest BCUT2D eigenvalue weighted by Crippen LogP contribution is -2.34. The van der Waals surface area contributed by atoms with Crippen LogP contribution in [0, 0.1) is 0 Å². The van der Waals surface area contributed by atoms with Crippen LogP contribution in [0.2, 0.25) is 0 Å². The van der Waals surface area contributed by atoms with Crippen molar-refractivity contribution in [2.45, 2.75) is 6.04 Å². The van der Waals surface area contributed by atoms with Crippen molar-refractivity contribution in [1.29, 1.82) is 0 Å². The van der Waals surface area contributed by atoms with Crippen molar-refractivity contribution in [2.24, 2.45) is 0 Å². The van der Waals surface area contributed by atoms with Crippen LogP contribution in [-0.2, 0) is 0 Å². The highest BCUT2D eigenvalue weighted by Crippen LogP contribution is 2.24. The van der Waals surface area contributed by atoms with Gasteiger partial charge in [-0.25, -0.2) is 4.98 Å². The minimum atomic E-state index is -0.164. The largest absolute Gasteiger partial charge is 0.497 e. The number of aromatic nitrogens is 1. The van der Waals surface area contributed by atoms with Gasteiger partial charge in [-0.3, -0.25) is 4.79 Å². The molecule has 0 radical (unpaired) electrons. The molecule has 1 heterocycles. The third-order valence-electron chi connectivity index (χ3n) is 4.32. The summed E-state index contributed by atoms with van der Waals surface area (Å²) in [4.78, 5) is 19.1. The van der Waals surface area contributed by atoms with Gasteiger partial charge >= 0.3 is 0 Å². The van der Waals surface area contributed by atoms with Crippen LogP contribution in [0.3, 0.4) is 0 Å². The monoisotopic (exact) mass is 381 g/mol. The van der Waals surface area contributed by atoms with Gasteiger partial charge in [0.15, 0.2) is 0 Å². The van der Waals surface area contributed by atoms with Crippen LogP contribution in [0.1, 0.15) is 22.1 Å². The number of amides is 1. The van der Waals surface area contributed by atoms with Crippen LogP contribution < -0.4 is 10.1 Å². The molecule has 27 heavy (non-hydrogen) atoms. The molecule has 140 valence electrons. The van der Waals surface area contributed by atoms with E-state index in [1.807, 2.05) is 68.7 Å². The molecule has 0 fully saturated rings. The van der Waals surface area contributed by atoms with Crippen LogP contribution in [0.15, 0.2) is 60.0 Å². The summed E-state index contributed by atoms with van der Waals surface area (Å²) >= 11 is 1.47. The number of benzene rings is 2. The molecule has 0 bridgehead atoms. The number of nitrogens with one attached hydrogen (secondary N) is 1. The smallest absolute Gasteiger partial charge is 0.270 e. The third kappa shape index (κ3) is 4.72. The molecule has 0 spiro atoms. The molecule has 0 aliphatic heterocycles. The first-order valence-electron chi connectivity index (χ1n) is 8.68. The van der Waals surface area contributed by atoms with Gasteiger partial charge in [0.25, 0.3) is 5.91 Å². The Morgan fingerprint density at radius 2 is 1.96 bits per heavy atom. The second kappa shape index (κ2) is 8.79. The van der Waals surface area contributed by atoms with Crippen molar-refractivity contribution < 1.29 is 9.53 Å². The maximum atomic E-state index is 12.6. The fraction of sp³-hybridized carbons (Fsp3) is 0.238. The molecule has 1 aromatic heterocycles. The summed E-state index contributed by atoms with van der Waals surface area (Å²) < 4.78 is 5.31. The minimum absolute atomic E-state index is 0.0382. The maximum Gasteiger partial charge on any atom is 0.270 e. The average Bonchev–Trinajstić information content (AvgIpc) is 3.19. The van der Waals surface area contributed by atoms with Crippen LogP contribution in [0.25, 0.3) is 10.6 Å². The van der Waals surface area contributed by atoms with Gasteiger partial charge in [-0.1, -0.05) is 42.5 Å². The van der Waals surface area contributed by atoms with E-state index in [1.165, 1.54) is 11.3 Å². The number of carbonyl (C=O) groups is 1. The van der Waals surface area contributed by atoms with Crippen molar-refractivity contribution in [1.82, 2.24) is 15.2 Å². The molecule has 0 saturated heterocycles. The Hall–Kier alpha value is -2.70. The molecule has 2 aromatic carbocycles. The molecule has 0 aliphatic carbocycles. The van der Waals surface area contributed by atoms with Crippen LogP contribution >= 0.6 is 11.3 Å². The first-order valence-corrected chi connectivity index (χ1v) is 9.56. The topological polar surface area (TPSA) is 54.5 Å². The molecular weight excluding hydrogens is 358 g/mol. The van der Waals surface area contributed by atoms with E-state index in [0.29, 0.717) is 12.2 Å². The SMILES string of the molecule is COc1cccc(C(CNC(=O)c2csc(-c3ccccc3)n2)N(C)C)c1. The zero-order valence-electron chi connectivity index (χ0n) is 15.7. The summed E-state index contributed by atoms with van der Waals surface area (Å²) in [5.41, 5.74) is 2.55. The second-order valence-corrected chi connectivity index (χ2v) is 7.23. The first-order chi connectivity index (χ1) is 13.1. The fourth-order valence-electron chi connectivity index (χ4n) is 2.82. The predicted molar refractivity (Wildman–Crippen MR) is 109 cm³/mol. The highest BCUT2D eigenvalue weighted by Gasteiger charge is 2.18. The molecule has 1 atom stereocenters. The van der Waals surface area contributed by atoms with Crippen LogP contribution in [-0.4, -0.2) is 43.5 Å². The lowest BCUT2D eigenvalue weighted by Gasteiger charge is -2.25. The van der Waals surface area contributed by atoms with E-state index in [1.54, 1.807) is 12.5 Å². The number of methoxy groups -OCH3 is 1. The maximum absolute atomic E-state index is 12.6. The van der Waals surface area contributed by atoms with Crippen molar-refractivity contribution >= 4 is 17.2 Å². The number of hydrogen-bond acceptors (Lipinski definition) is 5. The average molecular weight is 382 g/mol. The van der Waals surface area contributed by atoms with Gasteiger partial charge in [0, 0.05) is 17.5 Å². The summed E-state index contributed by atoms with van der Waals surface area (Å²) in [7, 11) is 5.64. The Kier molecular flexibility index (Phi) is 6.21. The van der Waals surface area contributed by atoms with Crippen LogP contribution in [0.4, 0.5) is 0 Å². The van der Waals surface area contributed by atoms with Crippen molar-refractivity contribution in [3.8, 4) is 16.3 Å². The van der Waals surface area contributed by atoms with Gasteiger partial charge in [-0.15, -0.1) is 11.3 Å². The van der Waals surface area contributed by atoms with Gasteiger partial charge in [0.1, 0.15) is 16.5 Å². The van der Waals surface area contributed by atoms with Crippen molar-refractivity contribution in [3.05, 3.63) is 71.2 Å². The molecule has 1 unspecified atom stereocenters. The number of rotatable bonds is 7. The van der Waals surface area contributed by atoms with E-state index in [0.717, 1.165) is 21.9 Å². The predicted octanol–water partition coefficient (Wildman–Crippen LogP) is 3.85. The Balaban J connectivity index is 1.69. The van der Waals surface area contributed by atoms with Gasteiger partial charge in [0.2, 0.25) is 0 Å². The fourth-order valence-corrected chi connectivity index (χ4v) is 3.62. The summed E-state index contributed by atoms with van der Waals surface area (Å²) in [5.74, 6) is 0.640. The van der Waals surface area contributed by atoms with Gasteiger partial charge in [-0.05, 0) is 31.8 Å². The van der Waals surface area contributed by atoms with Crippen LogP contribution in [0.5, 0.6) is 5.75 Å². The van der Waals surface area contributed by atoms with Gasteiger partial charge < -0.3 is 15.0 Å². The van der Waals surface area contributed by atoms with E-state index in [-0.39, 0.29) is 11.9 Å². The Bertz CT molecular complexity index is 893. The van der Waals surface area contributed by atoms with Crippen molar-refractivity contribution in [2.75, 3.05) is 27.7 Å². The molecular formula is C21H23N3O2S. The molecule has 0 aliphatic rings. The normalized spacial score (nSPS) is 12.0. The minimum Gasteiger partial charge on any atom is -0.497 e. The van der Waals surface area contributed by atoms with Crippen molar-refractivity contribution in [3.63, 3.8) is 0 Å². The number of likely N-dealkylation sites (N-methyl/N-ethyl adjacent to an activating group) is 1. The summed E-state index contributed by atoms with van der Waals surface area (Å²) in [6.45, 7) is 0.483. The zero-order valence-corrected chi connectivity index (χ0v) is 16.5. The summed E-state index contributed by atoms with van der Waals surface area (Å²) in [6.07, 6.45) is 0. The van der Waals surface area contributed by atoms with E-state index in [2.05, 4.69) is 15.2 Å². The summed E-state index contributed by atoms with van der Waals surface area (Å²) in [6, 6.07) is 17.8. The second-order valence-electron chi connectivity index (χ2n) is 6.37. The zero-order chi connectivity index (χ0) is 19.2. The van der Waals surface area contributed by atoms with Gasteiger partial charge in [-0.2, -0.15) is 0 Å². The molecule has 6 heteroatoms. The van der Waals surface area contributed by atoms with E-state index in [9.17, 15) is 4.79 Å². The molecule has 3 aromatic rings. The number of thiazole rings is 1. The van der Waals surface area contributed by atoms with E-state index in [4.69, 9.17) is 4.74 Å². The first kappa shape index (κ1) is 19.1. The highest BCUT2D eigenvalue weighted by molar-refractivity contribution is 7.13.